The number of fused-ring (bicyclic) bond motifs is 1. The molecule has 0 unspecified atom stereocenters. The second-order valence-corrected chi connectivity index (χ2v) is 3.37. The van der Waals surface area contributed by atoms with Crippen molar-refractivity contribution in [2.24, 2.45) is 0 Å². The van der Waals surface area contributed by atoms with Gasteiger partial charge in [0.1, 0.15) is 0 Å². The molecular weight excluding hydrogens is 202 g/mol. The van der Waals surface area contributed by atoms with Gasteiger partial charge in [-0.2, -0.15) is 5.26 Å². The van der Waals surface area contributed by atoms with Crippen LogP contribution in [0.25, 0.3) is 11.1 Å². The summed E-state index contributed by atoms with van der Waals surface area (Å²) in [6.45, 7) is 2.19. The highest BCUT2D eigenvalue weighted by Gasteiger charge is 2.21. The molecule has 2 rings (SSSR count). The minimum atomic E-state index is -0.125. The SMILES string of the molecule is CCOC(O)=C1C=C(C#N)c2ccccc21. The van der Waals surface area contributed by atoms with Gasteiger partial charge in [-0.3, -0.25) is 0 Å². The van der Waals surface area contributed by atoms with Gasteiger partial charge in [0.05, 0.1) is 23.8 Å². The molecule has 0 atom stereocenters. The van der Waals surface area contributed by atoms with Crippen molar-refractivity contribution in [2.45, 2.75) is 6.92 Å². The zero-order valence-electron chi connectivity index (χ0n) is 8.90. The maximum absolute atomic E-state index is 9.71. The molecule has 0 amide bonds. The summed E-state index contributed by atoms with van der Waals surface area (Å²) in [6, 6.07) is 9.56. The maximum Gasteiger partial charge on any atom is 0.284 e. The quantitative estimate of drug-likeness (QED) is 0.768. The van der Waals surface area contributed by atoms with E-state index in [4.69, 9.17) is 10.00 Å². The summed E-state index contributed by atoms with van der Waals surface area (Å²) >= 11 is 0. The van der Waals surface area contributed by atoms with E-state index >= 15 is 0 Å². The summed E-state index contributed by atoms with van der Waals surface area (Å²) in [5, 5.41) is 18.7. The van der Waals surface area contributed by atoms with Crippen LogP contribution in [-0.4, -0.2) is 11.7 Å². The average molecular weight is 213 g/mol. The Morgan fingerprint density at radius 1 is 1.38 bits per heavy atom. The molecule has 0 saturated heterocycles. The number of hydrogen-bond acceptors (Lipinski definition) is 3. The molecular formula is C13H11NO2. The Kier molecular flexibility index (Phi) is 2.65. The fraction of sp³-hybridized carbons (Fsp3) is 0.154. The maximum atomic E-state index is 9.71. The third-order valence-electron chi connectivity index (χ3n) is 2.43. The standard InChI is InChI=1S/C13H11NO2/c1-2-16-13(15)12-7-9(8-14)10-5-3-4-6-11(10)12/h3-7,15H,2H2,1H3. The Morgan fingerprint density at radius 3 is 2.69 bits per heavy atom. The fourth-order valence-corrected chi connectivity index (χ4v) is 1.74. The predicted molar refractivity (Wildman–Crippen MR) is 61.2 cm³/mol. The molecule has 3 nitrogen and oxygen atoms in total. The second-order valence-electron chi connectivity index (χ2n) is 3.37. The topological polar surface area (TPSA) is 53.2 Å². The molecule has 0 bridgehead atoms. The summed E-state index contributed by atoms with van der Waals surface area (Å²) < 4.78 is 5.06. The molecule has 0 aromatic heterocycles. The molecule has 1 N–H and O–H groups in total. The molecule has 1 aliphatic rings. The number of ether oxygens (including phenoxy) is 1. The summed E-state index contributed by atoms with van der Waals surface area (Å²) in [7, 11) is 0. The zero-order valence-corrected chi connectivity index (χ0v) is 8.90. The molecule has 0 saturated carbocycles. The Hall–Kier alpha value is -2.21. The van der Waals surface area contributed by atoms with E-state index in [2.05, 4.69) is 6.07 Å². The molecule has 1 aliphatic carbocycles. The van der Waals surface area contributed by atoms with E-state index < -0.39 is 0 Å². The molecule has 1 aromatic rings. The van der Waals surface area contributed by atoms with Crippen LogP contribution >= 0.6 is 0 Å². The number of hydrogen-bond donors (Lipinski definition) is 1. The van der Waals surface area contributed by atoms with Crippen molar-refractivity contribution in [1.29, 1.82) is 5.26 Å². The summed E-state index contributed by atoms with van der Waals surface area (Å²) in [5.41, 5.74) is 2.81. The highest BCUT2D eigenvalue weighted by atomic mass is 16.6. The Labute approximate surface area is 93.9 Å². The molecule has 0 radical (unpaired) electrons. The van der Waals surface area contributed by atoms with Gasteiger partial charge in [0, 0.05) is 5.56 Å². The van der Waals surface area contributed by atoms with Crippen molar-refractivity contribution in [2.75, 3.05) is 6.61 Å². The van der Waals surface area contributed by atoms with Crippen LogP contribution in [-0.2, 0) is 4.74 Å². The van der Waals surface area contributed by atoms with Crippen LogP contribution in [0.3, 0.4) is 0 Å². The number of nitrogens with zero attached hydrogens (tertiary/aromatic N) is 1. The van der Waals surface area contributed by atoms with E-state index in [0.717, 1.165) is 11.1 Å². The van der Waals surface area contributed by atoms with Crippen LogP contribution in [0.4, 0.5) is 0 Å². The summed E-state index contributed by atoms with van der Waals surface area (Å²) in [4.78, 5) is 0. The lowest BCUT2D eigenvalue weighted by molar-refractivity contribution is 0.105. The molecule has 0 aliphatic heterocycles. The van der Waals surface area contributed by atoms with Crippen LogP contribution in [0.5, 0.6) is 0 Å². The number of nitriles is 1. The molecule has 1 aromatic carbocycles. The fourth-order valence-electron chi connectivity index (χ4n) is 1.74. The Morgan fingerprint density at radius 2 is 2.06 bits per heavy atom. The van der Waals surface area contributed by atoms with E-state index in [-0.39, 0.29) is 5.95 Å². The van der Waals surface area contributed by atoms with Gasteiger partial charge in [0.15, 0.2) is 0 Å². The number of rotatable bonds is 2. The van der Waals surface area contributed by atoms with Crippen molar-refractivity contribution >= 4 is 11.1 Å². The van der Waals surface area contributed by atoms with Crippen LogP contribution in [0.1, 0.15) is 18.1 Å². The van der Waals surface area contributed by atoms with Crippen LogP contribution in [0.2, 0.25) is 0 Å². The first-order chi connectivity index (χ1) is 7.77. The van der Waals surface area contributed by atoms with Crippen LogP contribution in [0, 0.1) is 11.3 Å². The van der Waals surface area contributed by atoms with Crippen molar-refractivity contribution in [1.82, 2.24) is 0 Å². The van der Waals surface area contributed by atoms with Gasteiger partial charge in [-0.1, -0.05) is 24.3 Å². The van der Waals surface area contributed by atoms with Gasteiger partial charge >= 0.3 is 0 Å². The van der Waals surface area contributed by atoms with E-state index in [1.807, 2.05) is 24.3 Å². The lowest BCUT2D eigenvalue weighted by Crippen LogP contribution is -1.93. The highest BCUT2D eigenvalue weighted by molar-refractivity contribution is 6.00. The smallest absolute Gasteiger partial charge is 0.284 e. The number of aliphatic hydroxyl groups excluding tert-OH is 1. The van der Waals surface area contributed by atoms with Crippen molar-refractivity contribution in [3.63, 3.8) is 0 Å². The van der Waals surface area contributed by atoms with Crippen LogP contribution < -0.4 is 0 Å². The second kappa shape index (κ2) is 4.11. The molecule has 0 spiro atoms. The van der Waals surface area contributed by atoms with Gasteiger partial charge in [-0.05, 0) is 18.6 Å². The van der Waals surface area contributed by atoms with Gasteiger partial charge in [0.25, 0.3) is 5.95 Å². The van der Waals surface area contributed by atoms with Crippen molar-refractivity contribution in [3.05, 3.63) is 47.4 Å². The van der Waals surface area contributed by atoms with E-state index in [1.165, 1.54) is 0 Å². The van der Waals surface area contributed by atoms with E-state index in [0.29, 0.717) is 17.8 Å². The van der Waals surface area contributed by atoms with Crippen molar-refractivity contribution < 1.29 is 9.84 Å². The third-order valence-corrected chi connectivity index (χ3v) is 2.43. The molecule has 16 heavy (non-hydrogen) atoms. The Bertz CT molecular complexity index is 521. The van der Waals surface area contributed by atoms with Gasteiger partial charge in [-0.15, -0.1) is 0 Å². The lowest BCUT2D eigenvalue weighted by atomic mass is 10.1. The highest BCUT2D eigenvalue weighted by Crippen LogP contribution is 2.36. The summed E-state index contributed by atoms with van der Waals surface area (Å²) in [5.74, 6) is -0.125. The van der Waals surface area contributed by atoms with E-state index in [1.54, 1.807) is 13.0 Å². The normalized spacial score (nSPS) is 16.1. The summed E-state index contributed by atoms with van der Waals surface area (Å²) in [6.07, 6.45) is 1.65. The number of allylic oxidation sites excluding steroid dienone is 3. The number of benzene rings is 1. The van der Waals surface area contributed by atoms with Crippen LogP contribution in [0.15, 0.2) is 36.3 Å². The molecule has 3 heteroatoms. The van der Waals surface area contributed by atoms with Gasteiger partial charge in [0.2, 0.25) is 0 Å². The first-order valence-electron chi connectivity index (χ1n) is 5.05. The van der Waals surface area contributed by atoms with Gasteiger partial charge in [-0.25, -0.2) is 0 Å². The third kappa shape index (κ3) is 1.55. The van der Waals surface area contributed by atoms with E-state index in [9.17, 15) is 5.11 Å². The molecule has 0 heterocycles. The lowest BCUT2D eigenvalue weighted by Gasteiger charge is -2.05. The van der Waals surface area contributed by atoms with Crippen molar-refractivity contribution in [3.8, 4) is 6.07 Å². The number of aliphatic hydroxyl groups is 1. The minimum Gasteiger partial charge on any atom is -0.481 e. The average Bonchev–Trinajstić information content (AvgIpc) is 2.68. The zero-order chi connectivity index (χ0) is 11.5. The van der Waals surface area contributed by atoms with Gasteiger partial charge < -0.3 is 9.84 Å². The molecule has 80 valence electrons. The Balaban J connectivity index is 2.57. The first-order valence-corrected chi connectivity index (χ1v) is 5.05. The molecule has 0 fully saturated rings. The largest absolute Gasteiger partial charge is 0.481 e. The first kappa shape index (κ1) is 10.3. The minimum absolute atomic E-state index is 0.125. The monoisotopic (exact) mass is 213 g/mol. The predicted octanol–water partition coefficient (Wildman–Crippen LogP) is 2.87.